The molecule has 1 unspecified atom stereocenters. The number of imide groups is 2. The van der Waals surface area contributed by atoms with Crippen LogP contribution in [0.1, 0.15) is 140 Å². The molecular formula is C59H68FN11O8. The Balaban J connectivity index is 0.785. The van der Waals surface area contributed by atoms with Gasteiger partial charge in [0.1, 0.15) is 17.4 Å². The lowest BCUT2D eigenvalue weighted by Crippen LogP contribution is -2.58. The molecule has 6 aliphatic rings. The summed E-state index contributed by atoms with van der Waals surface area (Å²) in [4.78, 5) is 111. The number of halogens is 1. The van der Waals surface area contributed by atoms with Crippen molar-refractivity contribution in [2.45, 2.75) is 134 Å². The van der Waals surface area contributed by atoms with E-state index in [1.165, 1.54) is 37.5 Å². The number of piperidine rings is 3. The summed E-state index contributed by atoms with van der Waals surface area (Å²) >= 11 is 0. The van der Waals surface area contributed by atoms with Gasteiger partial charge in [-0.05, 0) is 140 Å². The van der Waals surface area contributed by atoms with Gasteiger partial charge in [0.25, 0.3) is 17.7 Å². The zero-order valence-corrected chi connectivity index (χ0v) is 45.5. The van der Waals surface area contributed by atoms with E-state index in [-0.39, 0.29) is 91.7 Å². The molecule has 3 aromatic carbocycles. The van der Waals surface area contributed by atoms with Crippen molar-refractivity contribution in [1.29, 1.82) is 0 Å². The second-order valence-corrected chi connectivity index (χ2v) is 22.6. The van der Waals surface area contributed by atoms with Crippen LogP contribution in [0.25, 0.3) is 22.3 Å². The Morgan fingerprint density at radius 3 is 2.38 bits per heavy atom. The SMILES string of the molecule is Cc1cc(F)c(Nc2nc(-c3ccc4c(c3)N(C3CC(N5CCCCC5)C3)C(=O)C43CCN(C(=O)CCOCCNc4cccc5c4C(=O)N(C4CCC(=O)NC4=O)C5=O)CC3)cc3ncn(C(C)C)c23)cc1C(=O)NC(C)C. The van der Waals surface area contributed by atoms with Gasteiger partial charge in [0.05, 0.1) is 59.4 Å². The van der Waals surface area contributed by atoms with Crippen molar-refractivity contribution in [1.82, 2.24) is 39.9 Å². The molecule has 7 heterocycles. The number of aryl methyl sites for hydroxylation is 1. The van der Waals surface area contributed by atoms with Gasteiger partial charge in [0.2, 0.25) is 23.6 Å². The molecule has 19 nitrogen and oxygen atoms in total. The number of fused-ring (bicyclic) bond motifs is 4. The number of nitrogens with zero attached hydrogens (tertiary/aromatic N) is 7. The van der Waals surface area contributed by atoms with Crippen LogP contribution >= 0.6 is 0 Å². The molecule has 11 rings (SSSR count). The molecule has 7 amide bonds. The van der Waals surface area contributed by atoms with Crippen LogP contribution in [0.3, 0.4) is 0 Å². The van der Waals surface area contributed by atoms with E-state index < -0.39 is 40.9 Å². The second-order valence-electron chi connectivity index (χ2n) is 22.6. The molecule has 1 saturated carbocycles. The van der Waals surface area contributed by atoms with E-state index in [2.05, 4.69) is 38.3 Å². The number of imidazole rings is 1. The number of nitrogens with one attached hydrogen (secondary N) is 4. The largest absolute Gasteiger partial charge is 0.382 e. The Labute approximate surface area is 458 Å². The molecule has 1 aliphatic carbocycles. The fourth-order valence-corrected chi connectivity index (χ4v) is 12.6. The van der Waals surface area contributed by atoms with Crippen molar-refractivity contribution < 1.29 is 42.7 Å². The third-order valence-corrected chi connectivity index (χ3v) is 16.9. The van der Waals surface area contributed by atoms with Crippen molar-refractivity contribution in [3.63, 3.8) is 0 Å². The lowest BCUT2D eigenvalue weighted by atomic mass is 9.73. The maximum Gasteiger partial charge on any atom is 0.264 e. The first-order chi connectivity index (χ1) is 38.0. The fourth-order valence-electron chi connectivity index (χ4n) is 12.6. The standard InChI is InChI=1S/C59H68FN11O8/c1-33(2)63-54(74)40-30-45(42(60)26-35(40)5)65-53-52-46(62-32-69(52)34(3)4)31-44(64-53)36-12-13-41-48(27-36)70(38-28-37(29-38)67-20-7-6-8-21-67)58(78)59(41)17-22-68(23-18-59)50(73)16-24-79-25-19-61-43-11-9-10-39-51(43)57(77)71(56(39)76)47-14-15-49(72)66-55(47)75/h9-13,26-27,30-34,37-38,47,61H,6-8,14-25,28-29H2,1-5H3,(H,63,74)(H,64,65)(H,66,72,75). The van der Waals surface area contributed by atoms with Gasteiger partial charge in [-0.3, -0.25) is 43.8 Å². The Kier molecular flexibility index (Phi) is 14.6. The number of ether oxygens (including phenoxy) is 1. The van der Waals surface area contributed by atoms with Crippen molar-refractivity contribution in [3.05, 3.63) is 94.6 Å². The van der Waals surface area contributed by atoms with E-state index in [1.54, 1.807) is 25.4 Å². The minimum Gasteiger partial charge on any atom is -0.382 e. The number of aromatic nitrogens is 3. The molecule has 20 heteroatoms. The quantitative estimate of drug-likeness (QED) is 0.0571. The highest BCUT2D eigenvalue weighted by molar-refractivity contribution is 6.25. The van der Waals surface area contributed by atoms with Crippen LogP contribution in [0.4, 0.5) is 27.3 Å². The summed E-state index contributed by atoms with van der Waals surface area (Å²) in [5.41, 5.74) is 5.35. The smallest absolute Gasteiger partial charge is 0.264 e. The molecule has 0 bridgehead atoms. The number of amides is 7. The van der Waals surface area contributed by atoms with Gasteiger partial charge in [-0.15, -0.1) is 0 Å². The van der Waals surface area contributed by atoms with Crippen molar-refractivity contribution in [2.75, 3.05) is 61.5 Å². The van der Waals surface area contributed by atoms with Crippen molar-refractivity contribution >= 4 is 75.3 Å². The van der Waals surface area contributed by atoms with E-state index in [4.69, 9.17) is 14.7 Å². The summed E-state index contributed by atoms with van der Waals surface area (Å²) in [5.74, 6) is -2.78. The van der Waals surface area contributed by atoms with E-state index in [0.717, 1.165) is 47.6 Å². The van der Waals surface area contributed by atoms with Crippen molar-refractivity contribution in [2.24, 2.45) is 0 Å². The Morgan fingerprint density at radius 1 is 0.873 bits per heavy atom. The normalized spacial score (nSPS) is 21.0. The third-order valence-electron chi connectivity index (χ3n) is 16.9. The maximum atomic E-state index is 15.9. The molecule has 0 radical (unpaired) electrons. The zero-order valence-electron chi connectivity index (χ0n) is 45.5. The van der Waals surface area contributed by atoms with Crippen LogP contribution in [0.5, 0.6) is 0 Å². The highest BCUT2D eigenvalue weighted by atomic mass is 19.1. The lowest BCUT2D eigenvalue weighted by Gasteiger charge is -2.48. The first-order valence-corrected chi connectivity index (χ1v) is 27.9. The predicted octanol–water partition coefficient (Wildman–Crippen LogP) is 7.15. The highest BCUT2D eigenvalue weighted by Crippen LogP contribution is 2.52. The number of likely N-dealkylation sites (tertiary alicyclic amines) is 2. The molecule has 5 aromatic rings. The van der Waals surface area contributed by atoms with E-state index in [0.29, 0.717) is 71.3 Å². The third kappa shape index (κ3) is 9.91. The van der Waals surface area contributed by atoms with Crippen LogP contribution in [0.2, 0.25) is 0 Å². The van der Waals surface area contributed by atoms with Gasteiger partial charge < -0.3 is 40.0 Å². The summed E-state index contributed by atoms with van der Waals surface area (Å²) in [6, 6.07) is 15.0. The van der Waals surface area contributed by atoms with E-state index in [1.807, 2.05) is 54.2 Å². The van der Waals surface area contributed by atoms with E-state index in [9.17, 15) is 28.8 Å². The number of rotatable bonds is 16. The van der Waals surface area contributed by atoms with Crippen LogP contribution < -0.4 is 26.2 Å². The Hall–Kier alpha value is -7.58. The molecular weight excluding hydrogens is 1010 g/mol. The van der Waals surface area contributed by atoms with Crippen LogP contribution in [0, 0.1) is 12.7 Å². The maximum absolute atomic E-state index is 15.9. The van der Waals surface area contributed by atoms with Crippen LogP contribution in [-0.2, 0) is 29.3 Å². The number of anilines is 4. The van der Waals surface area contributed by atoms with Gasteiger partial charge in [-0.1, -0.05) is 24.6 Å². The zero-order chi connectivity index (χ0) is 55.4. The number of pyridine rings is 1. The van der Waals surface area contributed by atoms with Gasteiger partial charge >= 0.3 is 0 Å². The minimum absolute atomic E-state index is 0.000643. The summed E-state index contributed by atoms with van der Waals surface area (Å²) in [6.45, 7) is 13.1. The average molecular weight is 1080 g/mol. The van der Waals surface area contributed by atoms with E-state index >= 15 is 9.18 Å². The molecule has 2 aromatic heterocycles. The molecule has 414 valence electrons. The van der Waals surface area contributed by atoms with Gasteiger partial charge in [0.15, 0.2) is 5.82 Å². The molecule has 5 aliphatic heterocycles. The van der Waals surface area contributed by atoms with Crippen LogP contribution in [-0.4, -0.2) is 141 Å². The van der Waals surface area contributed by atoms with Gasteiger partial charge in [-0.2, -0.15) is 0 Å². The van der Waals surface area contributed by atoms with Gasteiger partial charge in [-0.25, -0.2) is 14.4 Å². The highest BCUT2D eigenvalue weighted by Gasteiger charge is 2.56. The predicted molar refractivity (Wildman–Crippen MR) is 295 cm³/mol. The summed E-state index contributed by atoms with van der Waals surface area (Å²) < 4.78 is 23.8. The van der Waals surface area contributed by atoms with Gasteiger partial charge in [0, 0.05) is 72.7 Å². The lowest BCUT2D eigenvalue weighted by molar-refractivity contribution is -0.137. The van der Waals surface area contributed by atoms with Crippen molar-refractivity contribution in [3.8, 4) is 11.3 Å². The second kappa shape index (κ2) is 21.6. The first-order valence-electron chi connectivity index (χ1n) is 27.9. The first kappa shape index (κ1) is 53.4. The van der Waals surface area contributed by atoms with Crippen LogP contribution in [0.15, 0.2) is 60.9 Å². The number of hydrogen-bond acceptors (Lipinski definition) is 13. The Bertz CT molecular complexity index is 3300. The summed E-state index contributed by atoms with van der Waals surface area (Å²) in [6.07, 6.45) is 8.27. The molecule has 4 N–H and O–H groups in total. The summed E-state index contributed by atoms with van der Waals surface area (Å²) in [5, 5.41) is 11.6. The fraction of sp³-hybridized carbons (Fsp3) is 0.475. The monoisotopic (exact) mass is 1080 g/mol. The molecule has 1 spiro atoms. The molecule has 79 heavy (non-hydrogen) atoms. The molecule has 3 saturated heterocycles. The topological polar surface area (TPSA) is 221 Å². The minimum atomic E-state index is -1.07. The molecule has 4 fully saturated rings. The average Bonchev–Trinajstić information content (AvgIpc) is 4.23. The number of carbonyl (C=O) groups excluding carboxylic acids is 7. The summed E-state index contributed by atoms with van der Waals surface area (Å²) in [7, 11) is 0. The molecule has 1 atom stereocenters. The Morgan fingerprint density at radius 2 is 1.65 bits per heavy atom. The number of hydrogen-bond donors (Lipinski definition) is 4. The number of benzene rings is 3. The number of carbonyl (C=O) groups is 7.